The molecule has 1 fully saturated rings. The summed E-state index contributed by atoms with van der Waals surface area (Å²) in [4.78, 5) is 23.0. The number of hydrogen-bond donors (Lipinski definition) is 1. The van der Waals surface area contributed by atoms with Crippen LogP contribution in [0.5, 0.6) is 5.75 Å². The zero-order chi connectivity index (χ0) is 16.6. The number of amides is 1. The van der Waals surface area contributed by atoms with Crippen LogP contribution in [0.1, 0.15) is 12.8 Å². The number of aromatic nitrogens is 2. The Hall–Kier alpha value is -2.63. The van der Waals surface area contributed by atoms with Gasteiger partial charge in [-0.15, -0.1) is 0 Å². The van der Waals surface area contributed by atoms with Crippen LogP contribution in [0.4, 0.5) is 5.95 Å². The Labute approximate surface area is 141 Å². The molecule has 0 radical (unpaired) electrons. The number of anilines is 1. The number of nitrogens with zero attached hydrogens (tertiary/aromatic N) is 3. The molecule has 0 bridgehead atoms. The third-order valence-corrected chi connectivity index (χ3v) is 4.04. The zero-order valence-corrected chi connectivity index (χ0v) is 13.6. The van der Waals surface area contributed by atoms with Gasteiger partial charge in [-0.05, 0) is 31.0 Å². The van der Waals surface area contributed by atoms with E-state index in [4.69, 9.17) is 4.74 Å². The van der Waals surface area contributed by atoms with Gasteiger partial charge >= 0.3 is 0 Å². The predicted octanol–water partition coefficient (Wildman–Crippen LogP) is 1.89. The summed E-state index contributed by atoms with van der Waals surface area (Å²) in [6, 6.07) is 11.4. The number of carbonyl (C=O) groups is 1. The van der Waals surface area contributed by atoms with Gasteiger partial charge in [0.05, 0.1) is 12.5 Å². The molecule has 2 aromatic rings. The van der Waals surface area contributed by atoms with Gasteiger partial charge in [0, 0.05) is 25.5 Å². The predicted molar refractivity (Wildman–Crippen MR) is 91.9 cm³/mol. The summed E-state index contributed by atoms with van der Waals surface area (Å²) in [7, 11) is 0. The highest BCUT2D eigenvalue weighted by atomic mass is 16.5. The minimum Gasteiger partial charge on any atom is -0.492 e. The third-order valence-electron chi connectivity index (χ3n) is 4.04. The monoisotopic (exact) mass is 326 g/mol. The van der Waals surface area contributed by atoms with Crippen molar-refractivity contribution in [3.8, 4) is 5.75 Å². The fourth-order valence-corrected chi connectivity index (χ4v) is 2.83. The maximum absolute atomic E-state index is 12.4. The number of ether oxygens (including phenoxy) is 1. The van der Waals surface area contributed by atoms with Crippen LogP contribution in [0.2, 0.25) is 0 Å². The highest BCUT2D eigenvalue weighted by Crippen LogP contribution is 2.20. The smallest absolute Gasteiger partial charge is 0.225 e. The van der Waals surface area contributed by atoms with Crippen molar-refractivity contribution in [3.63, 3.8) is 0 Å². The van der Waals surface area contributed by atoms with Crippen molar-refractivity contribution in [1.29, 1.82) is 0 Å². The SMILES string of the molecule is O=C(NCCOc1ccccc1)C1CCCN(c2ncccn2)C1. The number of rotatable bonds is 6. The van der Waals surface area contributed by atoms with Gasteiger partial charge in [0.1, 0.15) is 12.4 Å². The maximum atomic E-state index is 12.4. The molecule has 0 saturated carbocycles. The Morgan fingerprint density at radius 2 is 2.00 bits per heavy atom. The molecule has 1 aromatic carbocycles. The highest BCUT2D eigenvalue weighted by Gasteiger charge is 2.26. The van der Waals surface area contributed by atoms with Crippen LogP contribution in [0.15, 0.2) is 48.8 Å². The molecule has 1 N–H and O–H groups in total. The van der Waals surface area contributed by atoms with Crippen LogP contribution in [-0.4, -0.2) is 42.1 Å². The van der Waals surface area contributed by atoms with Gasteiger partial charge in [0.2, 0.25) is 11.9 Å². The second-order valence-electron chi connectivity index (χ2n) is 5.79. The Bertz CT molecular complexity index is 636. The van der Waals surface area contributed by atoms with Crippen LogP contribution in [0.25, 0.3) is 0 Å². The van der Waals surface area contributed by atoms with E-state index in [1.165, 1.54) is 0 Å². The number of carbonyl (C=O) groups excluding carboxylic acids is 1. The van der Waals surface area contributed by atoms with E-state index in [2.05, 4.69) is 20.2 Å². The van der Waals surface area contributed by atoms with Crippen molar-refractivity contribution >= 4 is 11.9 Å². The summed E-state index contributed by atoms with van der Waals surface area (Å²) in [5.74, 6) is 1.56. The van der Waals surface area contributed by atoms with E-state index < -0.39 is 0 Å². The van der Waals surface area contributed by atoms with Gasteiger partial charge in [-0.1, -0.05) is 18.2 Å². The van der Waals surface area contributed by atoms with Gasteiger partial charge in [0.25, 0.3) is 0 Å². The minimum atomic E-state index is -0.0284. The molecule has 126 valence electrons. The van der Waals surface area contributed by atoms with Crippen molar-refractivity contribution in [3.05, 3.63) is 48.8 Å². The fraction of sp³-hybridized carbons (Fsp3) is 0.389. The van der Waals surface area contributed by atoms with E-state index in [9.17, 15) is 4.79 Å². The first-order chi connectivity index (χ1) is 11.8. The molecule has 1 aliphatic rings. The first kappa shape index (κ1) is 16.2. The molecule has 1 atom stereocenters. The van der Waals surface area contributed by atoms with Crippen LogP contribution in [-0.2, 0) is 4.79 Å². The van der Waals surface area contributed by atoms with Gasteiger partial charge < -0.3 is 15.0 Å². The van der Waals surface area contributed by atoms with Crippen LogP contribution < -0.4 is 15.0 Å². The summed E-state index contributed by atoms with van der Waals surface area (Å²) < 4.78 is 5.59. The molecule has 6 nitrogen and oxygen atoms in total. The van der Waals surface area contributed by atoms with Crippen LogP contribution >= 0.6 is 0 Å². The molecule has 1 aromatic heterocycles. The summed E-state index contributed by atoms with van der Waals surface area (Å²) in [5, 5.41) is 2.96. The molecule has 1 aliphatic heterocycles. The standard InChI is InChI=1S/C18H22N4O2/c23-17(19-11-13-24-16-7-2-1-3-8-16)15-6-4-12-22(14-15)18-20-9-5-10-21-18/h1-3,5,7-10,15H,4,6,11-14H2,(H,19,23). The molecule has 1 amide bonds. The molecule has 0 aliphatic carbocycles. The van der Waals surface area contributed by atoms with E-state index in [-0.39, 0.29) is 11.8 Å². The summed E-state index contributed by atoms with van der Waals surface area (Å²) in [6.07, 6.45) is 5.32. The minimum absolute atomic E-state index is 0.0284. The number of nitrogens with one attached hydrogen (secondary N) is 1. The van der Waals surface area contributed by atoms with Gasteiger partial charge in [-0.25, -0.2) is 9.97 Å². The zero-order valence-electron chi connectivity index (χ0n) is 13.6. The number of benzene rings is 1. The highest BCUT2D eigenvalue weighted by molar-refractivity contribution is 5.79. The normalized spacial score (nSPS) is 17.3. The molecule has 1 unspecified atom stereocenters. The number of piperidine rings is 1. The molecular formula is C18H22N4O2. The lowest BCUT2D eigenvalue weighted by Gasteiger charge is -2.31. The van der Waals surface area contributed by atoms with Gasteiger partial charge in [-0.2, -0.15) is 0 Å². The Balaban J connectivity index is 1.43. The van der Waals surface area contributed by atoms with E-state index in [0.29, 0.717) is 25.6 Å². The largest absolute Gasteiger partial charge is 0.492 e. The molecule has 1 saturated heterocycles. The second-order valence-corrected chi connectivity index (χ2v) is 5.79. The lowest BCUT2D eigenvalue weighted by Crippen LogP contribution is -2.44. The van der Waals surface area contributed by atoms with Gasteiger partial charge in [-0.3, -0.25) is 4.79 Å². The van der Waals surface area contributed by atoms with Crippen molar-refractivity contribution in [2.75, 3.05) is 31.1 Å². The van der Waals surface area contributed by atoms with E-state index in [0.717, 1.165) is 25.1 Å². The lowest BCUT2D eigenvalue weighted by atomic mass is 9.97. The average molecular weight is 326 g/mol. The molecular weight excluding hydrogens is 304 g/mol. The van der Waals surface area contributed by atoms with Crippen molar-refractivity contribution in [2.24, 2.45) is 5.92 Å². The topological polar surface area (TPSA) is 67.3 Å². The third kappa shape index (κ3) is 4.44. The molecule has 0 spiro atoms. The summed E-state index contributed by atoms with van der Waals surface area (Å²) in [5.41, 5.74) is 0. The molecule has 2 heterocycles. The maximum Gasteiger partial charge on any atom is 0.225 e. The Morgan fingerprint density at radius 3 is 2.79 bits per heavy atom. The van der Waals surface area contributed by atoms with Crippen molar-refractivity contribution < 1.29 is 9.53 Å². The number of para-hydroxylation sites is 1. The molecule has 24 heavy (non-hydrogen) atoms. The quantitative estimate of drug-likeness (QED) is 0.821. The first-order valence-electron chi connectivity index (χ1n) is 8.30. The van der Waals surface area contributed by atoms with Gasteiger partial charge in [0.15, 0.2) is 0 Å². The van der Waals surface area contributed by atoms with Crippen molar-refractivity contribution in [2.45, 2.75) is 12.8 Å². The fourth-order valence-electron chi connectivity index (χ4n) is 2.83. The van der Waals surface area contributed by atoms with E-state index in [1.807, 2.05) is 30.3 Å². The summed E-state index contributed by atoms with van der Waals surface area (Å²) >= 11 is 0. The lowest BCUT2D eigenvalue weighted by molar-refractivity contribution is -0.125. The Morgan fingerprint density at radius 1 is 1.21 bits per heavy atom. The first-order valence-corrected chi connectivity index (χ1v) is 8.30. The average Bonchev–Trinajstić information content (AvgIpc) is 2.67. The second kappa shape index (κ2) is 8.29. The van der Waals surface area contributed by atoms with Crippen molar-refractivity contribution in [1.82, 2.24) is 15.3 Å². The summed E-state index contributed by atoms with van der Waals surface area (Å²) in [6.45, 7) is 2.53. The van der Waals surface area contributed by atoms with E-state index >= 15 is 0 Å². The van der Waals surface area contributed by atoms with Crippen LogP contribution in [0.3, 0.4) is 0 Å². The van der Waals surface area contributed by atoms with E-state index in [1.54, 1.807) is 18.5 Å². The molecule has 6 heteroatoms. The number of hydrogen-bond acceptors (Lipinski definition) is 5. The molecule has 3 rings (SSSR count). The Kier molecular flexibility index (Phi) is 5.61. The van der Waals surface area contributed by atoms with Crippen LogP contribution in [0, 0.1) is 5.92 Å².